The van der Waals surface area contributed by atoms with Crippen LogP contribution in [0.1, 0.15) is 52.0 Å². The Morgan fingerprint density at radius 3 is 2.46 bits per heavy atom. The molecule has 2 atom stereocenters. The number of fused-ring (bicyclic) bond motifs is 1. The van der Waals surface area contributed by atoms with Crippen LogP contribution in [0.25, 0.3) is 0 Å². The minimum Gasteiger partial charge on any atom is -0.484 e. The first-order valence-electron chi connectivity index (χ1n) is 9.37. The third-order valence-electron chi connectivity index (χ3n) is 5.35. The molecule has 1 aromatic rings. The third kappa shape index (κ3) is 3.62. The molecule has 1 saturated carbocycles. The fourth-order valence-corrected chi connectivity index (χ4v) is 3.72. The van der Waals surface area contributed by atoms with Crippen LogP contribution in [-0.2, 0) is 10.2 Å². The van der Waals surface area contributed by atoms with E-state index < -0.39 is 30.3 Å². The van der Waals surface area contributed by atoms with Crippen LogP contribution in [-0.4, -0.2) is 40.2 Å². The Morgan fingerprint density at radius 2 is 1.89 bits per heavy atom. The van der Waals surface area contributed by atoms with Gasteiger partial charge in [-0.05, 0) is 42.4 Å². The number of rotatable bonds is 3. The SMILES string of the molecule is CC(C)(C)c1ccc(OCC(=O)N2N=C3CCCCC3C2(O)C(F)(F)F)cc1. The van der Waals surface area contributed by atoms with Crippen LogP contribution < -0.4 is 4.74 Å². The lowest BCUT2D eigenvalue weighted by atomic mass is 9.80. The van der Waals surface area contributed by atoms with Gasteiger partial charge in [-0.1, -0.05) is 39.3 Å². The Labute approximate surface area is 162 Å². The number of ether oxygens (including phenoxy) is 1. The molecule has 1 aliphatic heterocycles. The van der Waals surface area contributed by atoms with Crippen LogP contribution in [0.15, 0.2) is 29.4 Å². The highest BCUT2D eigenvalue weighted by molar-refractivity contribution is 5.93. The zero-order valence-electron chi connectivity index (χ0n) is 16.2. The topological polar surface area (TPSA) is 62.1 Å². The summed E-state index contributed by atoms with van der Waals surface area (Å²) in [5, 5.41) is 14.5. The minimum atomic E-state index is -5.01. The lowest BCUT2D eigenvalue weighted by Gasteiger charge is -2.38. The first kappa shape index (κ1) is 20.6. The summed E-state index contributed by atoms with van der Waals surface area (Å²) in [7, 11) is 0. The Bertz CT molecular complexity index is 768. The lowest BCUT2D eigenvalue weighted by Crippen LogP contribution is -2.62. The van der Waals surface area contributed by atoms with Crippen LogP contribution in [0, 0.1) is 5.92 Å². The number of halogens is 3. The number of hydrogen-bond acceptors (Lipinski definition) is 4. The highest BCUT2D eigenvalue weighted by Gasteiger charge is 2.68. The number of carbonyl (C=O) groups excluding carboxylic acids is 1. The molecule has 8 heteroatoms. The Balaban J connectivity index is 1.74. The predicted octanol–water partition coefficient (Wildman–Crippen LogP) is 4.00. The fraction of sp³-hybridized carbons (Fsp3) is 0.600. The monoisotopic (exact) mass is 398 g/mol. The molecular formula is C20H25F3N2O3. The van der Waals surface area contributed by atoms with Gasteiger partial charge in [0.1, 0.15) is 5.75 Å². The summed E-state index contributed by atoms with van der Waals surface area (Å²) in [6.07, 6.45) is -3.26. The van der Waals surface area contributed by atoms with Crippen molar-refractivity contribution in [3.8, 4) is 5.75 Å². The maximum atomic E-state index is 13.7. The second-order valence-electron chi connectivity index (χ2n) is 8.38. The zero-order valence-corrected chi connectivity index (χ0v) is 16.2. The average molecular weight is 398 g/mol. The normalized spacial score (nSPS) is 25.3. The molecule has 0 saturated heterocycles. The van der Waals surface area contributed by atoms with Crippen LogP contribution in [0.2, 0.25) is 0 Å². The van der Waals surface area contributed by atoms with E-state index >= 15 is 0 Å². The Morgan fingerprint density at radius 1 is 1.25 bits per heavy atom. The van der Waals surface area contributed by atoms with Crippen molar-refractivity contribution in [1.82, 2.24) is 5.01 Å². The quantitative estimate of drug-likeness (QED) is 0.837. The number of hydrogen-bond donors (Lipinski definition) is 1. The summed E-state index contributed by atoms with van der Waals surface area (Å²) in [5.41, 5.74) is -2.07. The van der Waals surface area contributed by atoms with E-state index in [1.165, 1.54) is 0 Å². The first-order valence-corrected chi connectivity index (χ1v) is 9.37. The van der Waals surface area contributed by atoms with Crippen molar-refractivity contribution in [2.24, 2.45) is 11.0 Å². The summed E-state index contributed by atoms with van der Waals surface area (Å²) < 4.78 is 46.4. The molecule has 28 heavy (non-hydrogen) atoms. The molecule has 1 aromatic carbocycles. The van der Waals surface area contributed by atoms with Crippen LogP contribution in [0.4, 0.5) is 13.2 Å². The second kappa shape index (κ2) is 7.06. The van der Waals surface area contributed by atoms with E-state index in [1.54, 1.807) is 12.1 Å². The summed E-state index contributed by atoms with van der Waals surface area (Å²) in [4.78, 5) is 12.5. The van der Waals surface area contributed by atoms with Crippen molar-refractivity contribution in [2.45, 2.75) is 63.8 Å². The molecule has 1 aliphatic carbocycles. The number of amides is 1. The molecule has 0 radical (unpaired) electrons. The zero-order chi connectivity index (χ0) is 20.7. The van der Waals surface area contributed by atoms with Gasteiger partial charge in [0.25, 0.3) is 11.6 Å². The number of nitrogens with zero attached hydrogens (tertiary/aromatic N) is 2. The molecule has 1 heterocycles. The van der Waals surface area contributed by atoms with Gasteiger partial charge in [-0.15, -0.1) is 0 Å². The largest absolute Gasteiger partial charge is 0.484 e. The molecule has 0 aromatic heterocycles. The van der Waals surface area contributed by atoms with E-state index in [4.69, 9.17) is 4.74 Å². The number of hydrazone groups is 1. The van der Waals surface area contributed by atoms with E-state index in [9.17, 15) is 23.1 Å². The summed E-state index contributed by atoms with van der Waals surface area (Å²) in [5.74, 6) is -1.88. The van der Waals surface area contributed by atoms with Crippen molar-refractivity contribution in [3.63, 3.8) is 0 Å². The van der Waals surface area contributed by atoms with Gasteiger partial charge in [-0.25, -0.2) is 0 Å². The van der Waals surface area contributed by atoms with Gasteiger partial charge in [0, 0.05) is 5.71 Å². The van der Waals surface area contributed by atoms with Crippen molar-refractivity contribution in [2.75, 3.05) is 6.61 Å². The molecule has 5 nitrogen and oxygen atoms in total. The highest BCUT2D eigenvalue weighted by atomic mass is 19.4. The van der Waals surface area contributed by atoms with Crippen LogP contribution in [0.3, 0.4) is 0 Å². The van der Waals surface area contributed by atoms with Gasteiger partial charge in [-0.2, -0.15) is 23.3 Å². The van der Waals surface area contributed by atoms with E-state index in [-0.39, 0.29) is 22.6 Å². The predicted molar refractivity (Wildman–Crippen MR) is 97.9 cm³/mol. The molecule has 3 rings (SSSR count). The molecule has 154 valence electrons. The standard InChI is InChI=1S/C20H25F3N2O3/c1-18(2,3)13-8-10-14(11-9-13)28-12-17(26)25-19(27,20(21,22)23)15-6-4-5-7-16(15)24-25/h8-11,15,27H,4-7,12H2,1-3H3. The third-order valence-corrected chi connectivity index (χ3v) is 5.35. The van der Waals surface area contributed by atoms with Crippen LogP contribution >= 0.6 is 0 Å². The number of benzene rings is 1. The van der Waals surface area contributed by atoms with Gasteiger partial charge < -0.3 is 9.84 Å². The summed E-state index contributed by atoms with van der Waals surface area (Å²) in [6, 6.07) is 7.02. The number of alkyl halides is 3. The van der Waals surface area contributed by atoms with E-state index in [1.807, 2.05) is 12.1 Å². The fourth-order valence-electron chi connectivity index (χ4n) is 3.72. The first-order chi connectivity index (χ1) is 12.9. The summed E-state index contributed by atoms with van der Waals surface area (Å²) in [6.45, 7) is 5.51. The molecule has 0 bridgehead atoms. The maximum Gasteiger partial charge on any atom is 0.439 e. The molecule has 0 spiro atoms. The van der Waals surface area contributed by atoms with Gasteiger partial charge in [0.15, 0.2) is 6.61 Å². The van der Waals surface area contributed by atoms with Crippen molar-refractivity contribution in [1.29, 1.82) is 0 Å². The van der Waals surface area contributed by atoms with Gasteiger partial charge in [0.05, 0.1) is 5.92 Å². The molecular weight excluding hydrogens is 373 g/mol. The van der Waals surface area contributed by atoms with Crippen molar-refractivity contribution < 1.29 is 27.8 Å². The number of aliphatic hydroxyl groups is 1. The second-order valence-corrected chi connectivity index (χ2v) is 8.38. The molecule has 1 amide bonds. The van der Waals surface area contributed by atoms with E-state index in [2.05, 4.69) is 25.9 Å². The molecule has 2 unspecified atom stereocenters. The maximum absolute atomic E-state index is 13.7. The van der Waals surface area contributed by atoms with Gasteiger partial charge >= 0.3 is 6.18 Å². The summed E-state index contributed by atoms with van der Waals surface area (Å²) >= 11 is 0. The van der Waals surface area contributed by atoms with Crippen molar-refractivity contribution >= 4 is 11.6 Å². The van der Waals surface area contributed by atoms with E-state index in [0.717, 1.165) is 5.56 Å². The smallest absolute Gasteiger partial charge is 0.439 e. The Kier molecular flexibility index (Phi) is 5.20. The van der Waals surface area contributed by atoms with Gasteiger partial charge in [0.2, 0.25) is 0 Å². The average Bonchev–Trinajstić information content (AvgIpc) is 2.94. The van der Waals surface area contributed by atoms with Crippen LogP contribution in [0.5, 0.6) is 5.75 Å². The van der Waals surface area contributed by atoms with Gasteiger partial charge in [-0.3, -0.25) is 4.79 Å². The number of carbonyl (C=O) groups is 1. The minimum absolute atomic E-state index is 0.0561. The lowest BCUT2D eigenvalue weighted by molar-refractivity contribution is -0.317. The Hall–Kier alpha value is -2.09. The van der Waals surface area contributed by atoms with Crippen molar-refractivity contribution in [3.05, 3.63) is 29.8 Å². The van der Waals surface area contributed by atoms with E-state index in [0.29, 0.717) is 25.0 Å². The molecule has 2 aliphatic rings. The molecule has 1 fully saturated rings. The molecule has 1 N–H and O–H groups in total. The highest BCUT2D eigenvalue weighted by Crippen LogP contribution is 2.48.